The molecular formula is C14H13F3N2O4. The molecule has 1 aromatic rings. The molecule has 1 saturated heterocycles. The number of rotatable bonds is 4. The minimum atomic E-state index is -4.46. The molecule has 23 heavy (non-hydrogen) atoms. The largest absolute Gasteiger partial charge is 0.481 e. The Kier molecular flexibility index (Phi) is 4.57. The summed E-state index contributed by atoms with van der Waals surface area (Å²) in [5, 5.41) is 11.1. The van der Waals surface area contributed by atoms with E-state index in [2.05, 4.69) is 5.32 Å². The maximum absolute atomic E-state index is 12.5. The van der Waals surface area contributed by atoms with E-state index < -0.39 is 35.7 Å². The second-order valence-corrected chi connectivity index (χ2v) is 5.12. The number of carbonyl (C=O) groups excluding carboxylic acids is 2. The van der Waals surface area contributed by atoms with E-state index >= 15 is 0 Å². The van der Waals surface area contributed by atoms with Crippen LogP contribution in [0.2, 0.25) is 0 Å². The van der Waals surface area contributed by atoms with Crippen molar-refractivity contribution in [1.29, 1.82) is 0 Å². The Balaban J connectivity index is 2.04. The third kappa shape index (κ3) is 4.21. The first-order chi connectivity index (χ1) is 10.7. The van der Waals surface area contributed by atoms with Crippen LogP contribution in [0.3, 0.4) is 0 Å². The maximum Gasteiger partial charge on any atom is 0.416 e. The van der Waals surface area contributed by atoms with Crippen LogP contribution >= 0.6 is 0 Å². The van der Waals surface area contributed by atoms with Gasteiger partial charge in [0.2, 0.25) is 5.91 Å². The number of imide groups is 1. The summed E-state index contributed by atoms with van der Waals surface area (Å²) in [5.41, 5.74) is -0.463. The van der Waals surface area contributed by atoms with Crippen LogP contribution in [0.25, 0.3) is 0 Å². The number of benzene rings is 1. The standard InChI is InChI=1S/C14H13F3N2O4/c15-14(16,17)9-3-1-8(2-4-9)7-19-11(20)5-10(6-12(21)22)18-13(19)23/h1-4,10H,5-7H2,(H,18,23)(H,21,22)/t10-/m1/s1. The van der Waals surface area contributed by atoms with Crippen LogP contribution in [0, 0.1) is 0 Å². The van der Waals surface area contributed by atoms with E-state index in [0.717, 1.165) is 17.0 Å². The molecule has 1 atom stereocenters. The number of nitrogens with one attached hydrogen (secondary N) is 1. The number of hydrogen-bond donors (Lipinski definition) is 2. The van der Waals surface area contributed by atoms with Crippen LogP contribution in [0.4, 0.5) is 18.0 Å². The molecule has 124 valence electrons. The Labute approximate surface area is 128 Å². The van der Waals surface area contributed by atoms with Gasteiger partial charge >= 0.3 is 18.2 Å². The molecule has 1 aromatic carbocycles. The molecule has 1 aliphatic rings. The minimum absolute atomic E-state index is 0.168. The van der Waals surface area contributed by atoms with Gasteiger partial charge in [0.25, 0.3) is 0 Å². The lowest BCUT2D eigenvalue weighted by Gasteiger charge is -2.30. The monoisotopic (exact) mass is 330 g/mol. The second kappa shape index (κ2) is 6.27. The van der Waals surface area contributed by atoms with Gasteiger partial charge in [0.05, 0.1) is 18.5 Å². The number of carboxylic acid groups (broad SMARTS) is 1. The quantitative estimate of drug-likeness (QED) is 0.884. The number of aliphatic carboxylic acids is 1. The Hall–Kier alpha value is -2.58. The SMILES string of the molecule is O=C(O)C[C@H]1CC(=O)N(Cc2ccc(C(F)(F)F)cc2)C(=O)N1. The summed E-state index contributed by atoms with van der Waals surface area (Å²) in [7, 11) is 0. The average Bonchev–Trinajstić information content (AvgIpc) is 2.42. The molecule has 0 aromatic heterocycles. The molecule has 2 rings (SSSR count). The zero-order valence-corrected chi connectivity index (χ0v) is 11.8. The normalized spacial score (nSPS) is 18.7. The molecule has 0 spiro atoms. The first-order valence-corrected chi connectivity index (χ1v) is 6.65. The number of halogens is 3. The van der Waals surface area contributed by atoms with Crippen molar-refractivity contribution >= 4 is 17.9 Å². The fraction of sp³-hybridized carbons (Fsp3) is 0.357. The van der Waals surface area contributed by atoms with Crippen molar-refractivity contribution in [3.05, 3.63) is 35.4 Å². The summed E-state index contributed by atoms with van der Waals surface area (Å²) < 4.78 is 37.4. The molecule has 0 unspecified atom stereocenters. The van der Waals surface area contributed by atoms with Gasteiger partial charge in [-0.1, -0.05) is 12.1 Å². The van der Waals surface area contributed by atoms with E-state index in [1.807, 2.05) is 0 Å². The van der Waals surface area contributed by atoms with Gasteiger partial charge in [-0.3, -0.25) is 14.5 Å². The van der Waals surface area contributed by atoms with E-state index in [9.17, 15) is 27.6 Å². The van der Waals surface area contributed by atoms with Crippen LogP contribution in [-0.2, 0) is 22.3 Å². The molecule has 1 aliphatic heterocycles. The molecule has 0 bridgehead atoms. The Morgan fingerprint density at radius 3 is 2.35 bits per heavy atom. The Morgan fingerprint density at radius 2 is 1.87 bits per heavy atom. The molecule has 0 radical (unpaired) electrons. The zero-order valence-electron chi connectivity index (χ0n) is 11.8. The van der Waals surface area contributed by atoms with Gasteiger partial charge in [-0.05, 0) is 17.7 Å². The fourth-order valence-electron chi connectivity index (χ4n) is 2.21. The number of amides is 3. The molecular weight excluding hydrogens is 317 g/mol. The topological polar surface area (TPSA) is 86.7 Å². The summed E-state index contributed by atoms with van der Waals surface area (Å²) in [4.78, 5) is 35.2. The molecule has 9 heteroatoms. The summed E-state index contributed by atoms with van der Waals surface area (Å²) in [6.07, 6.45) is -4.99. The lowest BCUT2D eigenvalue weighted by Crippen LogP contribution is -2.54. The number of nitrogens with zero attached hydrogens (tertiary/aromatic N) is 1. The van der Waals surface area contributed by atoms with Crippen molar-refractivity contribution in [3.63, 3.8) is 0 Å². The van der Waals surface area contributed by atoms with Crippen molar-refractivity contribution in [2.45, 2.75) is 31.6 Å². The Bertz CT molecular complexity index is 610. The highest BCUT2D eigenvalue weighted by Crippen LogP contribution is 2.29. The number of carboxylic acids is 1. The van der Waals surface area contributed by atoms with Gasteiger partial charge in [-0.25, -0.2) is 4.79 Å². The number of hydrogen-bond acceptors (Lipinski definition) is 3. The first kappa shape index (κ1) is 16.8. The highest BCUT2D eigenvalue weighted by Gasteiger charge is 2.33. The van der Waals surface area contributed by atoms with Crippen molar-refractivity contribution in [1.82, 2.24) is 10.2 Å². The number of alkyl halides is 3. The van der Waals surface area contributed by atoms with Crippen molar-refractivity contribution in [3.8, 4) is 0 Å². The Morgan fingerprint density at radius 1 is 1.26 bits per heavy atom. The predicted molar refractivity (Wildman–Crippen MR) is 71.2 cm³/mol. The summed E-state index contributed by atoms with van der Waals surface area (Å²) in [6.45, 7) is -0.178. The molecule has 0 saturated carbocycles. The van der Waals surface area contributed by atoms with Crippen molar-refractivity contribution < 1.29 is 32.7 Å². The number of carbonyl (C=O) groups is 3. The lowest BCUT2D eigenvalue weighted by molar-refractivity contribution is -0.139. The summed E-state index contributed by atoms with van der Waals surface area (Å²) in [6, 6.07) is 2.58. The van der Waals surface area contributed by atoms with E-state index in [-0.39, 0.29) is 19.4 Å². The van der Waals surface area contributed by atoms with Gasteiger partial charge in [0, 0.05) is 12.5 Å². The van der Waals surface area contributed by atoms with Gasteiger partial charge in [0.1, 0.15) is 0 Å². The number of urea groups is 1. The van der Waals surface area contributed by atoms with Crippen LogP contribution in [0.1, 0.15) is 24.0 Å². The average molecular weight is 330 g/mol. The van der Waals surface area contributed by atoms with Gasteiger partial charge in [-0.15, -0.1) is 0 Å². The third-order valence-electron chi connectivity index (χ3n) is 3.34. The van der Waals surface area contributed by atoms with E-state index in [4.69, 9.17) is 5.11 Å². The molecule has 2 N–H and O–H groups in total. The third-order valence-corrected chi connectivity index (χ3v) is 3.34. The highest BCUT2D eigenvalue weighted by molar-refractivity contribution is 5.97. The smallest absolute Gasteiger partial charge is 0.416 e. The summed E-state index contributed by atoms with van der Waals surface area (Å²) >= 11 is 0. The van der Waals surface area contributed by atoms with Crippen LogP contribution < -0.4 is 5.32 Å². The lowest BCUT2D eigenvalue weighted by atomic mass is 10.1. The van der Waals surface area contributed by atoms with E-state index in [1.165, 1.54) is 12.1 Å². The molecule has 6 nitrogen and oxygen atoms in total. The minimum Gasteiger partial charge on any atom is -0.481 e. The van der Waals surface area contributed by atoms with Gasteiger partial charge < -0.3 is 10.4 Å². The van der Waals surface area contributed by atoms with Gasteiger partial charge in [0.15, 0.2) is 0 Å². The predicted octanol–water partition coefficient (Wildman–Crippen LogP) is 1.99. The van der Waals surface area contributed by atoms with E-state index in [0.29, 0.717) is 5.56 Å². The summed E-state index contributed by atoms with van der Waals surface area (Å²) in [5.74, 6) is -1.71. The molecule has 1 heterocycles. The molecule has 1 fully saturated rings. The van der Waals surface area contributed by atoms with Crippen LogP contribution in [-0.4, -0.2) is 34.0 Å². The van der Waals surface area contributed by atoms with Crippen molar-refractivity contribution in [2.75, 3.05) is 0 Å². The van der Waals surface area contributed by atoms with E-state index in [1.54, 1.807) is 0 Å². The van der Waals surface area contributed by atoms with Crippen LogP contribution in [0.15, 0.2) is 24.3 Å². The molecule has 0 aliphatic carbocycles. The van der Waals surface area contributed by atoms with Crippen LogP contribution in [0.5, 0.6) is 0 Å². The molecule has 3 amide bonds. The highest BCUT2D eigenvalue weighted by atomic mass is 19.4. The first-order valence-electron chi connectivity index (χ1n) is 6.65. The second-order valence-electron chi connectivity index (χ2n) is 5.12. The maximum atomic E-state index is 12.5. The fourth-order valence-corrected chi connectivity index (χ4v) is 2.21. The van der Waals surface area contributed by atoms with Gasteiger partial charge in [-0.2, -0.15) is 13.2 Å². The zero-order chi connectivity index (χ0) is 17.2. The van der Waals surface area contributed by atoms with Crippen molar-refractivity contribution in [2.24, 2.45) is 0 Å².